The molecule has 3 rings (SSSR count). The number of rotatable bonds is 3. The van der Waals surface area contributed by atoms with Crippen LogP contribution in [-0.4, -0.2) is 29.1 Å². The Kier molecular flexibility index (Phi) is 2.77. The zero-order chi connectivity index (χ0) is 11.7. The molecule has 1 fully saturated rings. The molecular weight excluding hydrogens is 210 g/mol. The summed E-state index contributed by atoms with van der Waals surface area (Å²) in [5, 5.41) is 1.28. The number of aromatic nitrogens is 1. The van der Waals surface area contributed by atoms with Crippen LogP contribution in [0.1, 0.15) is 12.8 Å². The molecule has 0 aliphatic carbocycles. The van der Waals surface area contributed by atoms with Crippen LogP contribution < -0.4 is 5.73 Å². The Morgan fingerprint density at radius 1 is 1.06 bits per heavy atom. The third-order valence-corrected chi connectivity index (χ3v) is 3.65. The van der Waals surface area contributed by atoms with Crippen molar-refractivity contribution >= 4 is 16.6 Å². The Labute approximate surface area is 102 Å². The van der Waals surface area contributed by atoms with Gasteiger partial charge >= 0.3 is 0 Å². The van der Waals surface area contributed by atoms with Gasteiger partial charge in [0.05, 0.1) is 5.52 Å². The molecule has 1 saturated heterocycles. The topological polar surface area (TPSA) is 34.2 Å². The summed E-state index contributed by atoms with van der Waals surface area (Å²) in [4.78, 5) is 2.54. The van der Waals surface area contributed by atoms with Crippen molar-refractivity contribution in [3.8, 4) is 0 Å². The number of fused-ring (bicyclic) bond motifs is 1. The van der Waals surface area contributed by atoms with Crippen LogP contribution in [0.4, 0.5) is 5.69 Å². The maximum atomic E-state index is 5.85. The van der Waals surface area contributed by atoms with Crippen LogP contribution in [0, 0.1) is 0 Å². The predicted octanol–water partition coefficient (Wildman–Crippen LogP) is 2.32. The van der Waals surface area contributed by atoms with Gasteiger partial charge in [-0.15, -0.1) is 0 Å². The number of anilines is 1. The first-order valence-electron chi connectivity index (χ1n) is 6.40. The lowest BCUT2D eigenvalue weighted by Crippen LogP contribution is -2.23. The molecule has 1 aromatic carbocycles. The highest BCUT2D eigenvalue weighted by molar-refractivity contribution is 5.83. The van der Waals surface area contributed by atoms with Crippen molar-refractivity contribution in [2.75, 3.05) is 25.4 Å². The molecule has 0 bridgehead atoms. The molecule has 2 aromatic rings. The molecule has 0 unspecified atom stereocenters. The third kappa shape index (κ3) is 2.15. The Morgan fingerprint density at radius 2 is 1.88 bits per heavy atom. The Hall–Kier alpha value is -1.48. The Bertz CT molecular complexity index is 509. The van der Waals surface area contributed by atoms with Gasteiger partial charge in [0.1, 0.15) is 0 Å². The number of benzene rings is 1. The van der Waals surface area contributed by atoms with Gasteiger partial charge in [-0.05, 0) is 49.5 Å². The smallest absolute Gasteiger partial charge is 0.0501 e. The fourth-order valence-electron chi connectivity index (χ4n) is 2.65. The molecule has 17 heavy (non-hydrogen) atoms. The Balaban J connectivity index is 1.77. The van der Waals surface area contributed by atoms with Crippen molar-refractivity contribution in [1.29, 1.82) is 0 Å². The molecular formula is C14H19N3. The first-order valence-corrected chi connectivity index (χ1v) is 6.40. The Morgan fingerprint density at radius 3 is 2.71 bits per heavy atom. The maximum Gasteiger partial charge on any atom is 0.0501 e. The van der Waals surface area contributed by atoms with E-state index in [-0.39, 0.29) is 0 Å². The van der Waals surface area contributed by atoms with Crippen LogP contribution in [0.3, 0.4) is 0 Å². The summed E-state index contributed by atoms with van der Waals surface area (Å²) < 4.78 is 2.31. The highest BCUT2D eigenvalue weighted by atomic mass is 15.2. The van der Waals surface area contributed by atoms with Gasteiger partial charge in [-0.2, -0.15) is 0 Å². The van der Waals surface area contributed by atoms with Gasteiger partial charge in [-0.3, -0.25) is 0 Å². The zero-order valence-electron chi connectivity index (χ0n) is 10.1. The van der Waals surface area contributed by atoms with Gasteiger partial charge in [-0.1, -0.05) is 6.07 Å². The molecule has 3 nitrogen and oxygen atoms in total. The fourth-order valence-corrected chi connectivity index (χ4v) is 2.65. The molecule has 0 spiro atoms. The standard InChI is InChI=1S/C14H19N3/c15-13-4-3-12-5-8-17(14(12)11-13)10-9-16-6-1-2-7-16/h3-5,8,11H,1-2,6-7,9-10,15H2. The molecule has 0 atom stereocenters. The molecule has 2 heterocycles. The van der Waals surface area contributed by atoms with E-state index in [2.05, 4.69) is 33.9 Å². The van der Waals surface area contributed by atoms with E-state index in [0.29, 0.717) is 0 Å². The quantitative estimate of drug-likeness (QED) is 0.820. The lowest BCUT2D eigenvalue weighted by atomic mass is 10.2. The summed E-state index contributed by atoms with van der Waals surface area (Å²) >= 11 is 0. The van der Waals surface area contributed by atoms with Crippen LogP contribution in [0.5, 0.6) is 0 Å². The van der Waals surface area contributed by atoms with Crippen molar-refractivity contribution in [3.05, 3.63) is 30.5 Å². The molecule has 1 aliphatic heterocycles. The summed E-state index contributed by atoms with van der Waals surface area (Å²) in [6.45, 7) is 4.74. The van der Waals surface area contributed by atoms with Gasteiger partial charge in [0, 0.05) is 25.0 Å². The normalized spacial score (nSPS) is 16.9. The highest BCUT2D eigenvalue weighted by Crippen LogP contribution is 2.19. The SMILES string of the molecule is Nc1ccc2ccn(CCN3CCCC3)c2c1. The maximum absolute atomic E-state index is 5.85. The molecule has 1 aliphatic rings. The average molecular weight is 229 g/mol. The molecule has 0 saturated carbocycles. The van der Waals surface area contributed by atoms with Crippen molar-refractivity contribution in [2.24, 2.45) is 0 Å². The second kappa shape index (κ2) is 4.41. The summed E-state index contributed by atoms with van der Waals surface area (Å²) in [6, 6.07) is 8.29. The van der Waals surface area contributed by atoms with Crippen LogP contribution in [0.25, 0.3) is 10.9 Å². The number of hydrogen-bond acceptors (Lipinski definition) is 2. The second-order valence-electron chi connectivity index (χ2n) is 4.88. The van der Waals surface area contributed by atoms with Crippen LogP contribution in [0.2, 0.25) is 0 Å². The van der Waals surface area contributed by atoms with E-state index in [4.69, 9.17) is 5.73 Å². The first-order chi connectivity index (χ1) is 8.33. The lowest BCUT2D eigenvalue weighted by Gasteiger charge is -2.15. The summed E-state index contributed by atoms with van der Waals surface area (Å²) in [5.74, 6) is 0. The van der Waals surface area contributed by atoms with E-state index in [9.17, 15) is 0 Å². The largest absolute Gasteiger partial charge is 0.399 e. The molecule has 0 amide bonds. The summed E-state index contributed by atoms with van der Waals surface area (Å²) in [5.41, 5.74) is 7.95. The number of nitrogens with zero attached hydrogens (tertiary/aromatic N) is 2. The van der Waals surface area contributed by atoms with E-state index in [1.165, 1.54) is 36.8 Å². The third-order valence-electron chi connectivity index (χ3n) is 3.65. The van der Waals surface area contributed by atoms with E-state index in [1.807, 2.05) is 6.07 Å². The lowest BCUT2D eigenvalue weighted by molar-refractivity contribution is 0.324. The number of nitrogen functional groups attached to an aromatic ring is 1. The van der Waals surface area contributed by atoms with Gasteiger partial charge in [0.15, 0.2) is 0 Å². The van der Waals surface area contributed by atoms with Crippen molar-refractivity contribution in [2.45, 2.75) is 19.4 Å². The van der Waals surface area contributed by atoms with E-state index in [0.717, 1.165) is 18.8 Å². The van der Waals surface area contributed by atoms with Crippen LogP contribution in [0.15, 0.2) is 30.5 Å². The van der Waals surface area contributed by atoms with Gasteiger partial charge in [0.2, 0.25) is 0 Å². The predicted molar refractivity (Wildman–Crippen MR) is 72.0 cm³/mol. The summed E-state index contributed by atoms with van der Waals surface area (Å²) in [6.07, 6.45) is 4.89. The van der Waals surface area contributed by atoms with Gasteiger partial charge < -0.3 is 15.2 Å². The zero-order valence-corrected chi connectivity index (χ0v) is 10.1. The monoisotopic (exact) mass is 229 g/mol. The number of hydrogen-bond donors (Lipinski definition) is 1. The summed E-state index contributed by atoms with van der Waals surface area (Å²) in [7, 11) is 0. The van der Waals surface area contributed by atoms with Crippen LogP contribution >= 0.6 is 0 Å². The van der Waals surface area contributed by atoms with Gasteiger partial charge in [-0.25, -0.2) is 0 Å². The molecule has 2 N–H and O–H groups in total. The molecule has 1 aromatic heterocycles. The minimum atomic E-state index is 0.846. The van der Waals surface area contributed by atoms with Crippen LogP contribution in [-0.2, 0) is 6.54 Å². The van der Waals surface area contributed by atoms with Crippen molar-refractivity contribution < 1.29 is 0 Å². The minimum absolute atomic E-state index is 0.846. The first kappa shape index (κ1) is 10.7. The number of nitrogens with two attached hydrogens (primary N) is 1. The fraction of sp³-hybridized carbons (Fsp3) is 0.429. The van der Waals surface area contributed by atoms with E-state index in [1.54, 1.807) is 0 Å². The molecule has 0 radical (unpaired) electrons. The minimum Gasteiger partial charge on any atom is -0.399 e. The average Bonchev–Trinajstić information content (AvgIpc) is 2.94. The van der Waals surface area contributed by atoms with Crippen molar-refractivity contribution in [1.82, 2.24) is 9.47 Å². The van der Waals surface area contributed by atoms with E-state index >= 15 is 0 Å². The molecule has 3 heteroatoms. The molecule has 90 valence electrons. The van der Waals surface area contributed by atoms with Crippen molar-refractivity contribution in [3.63, 3.8) is 0 Å². The highest BCUT2D eigenvalue weighted by Gasteiger charge is 2.11. The second-order valence-corrected chi connectivity index (χ2v) is 4.88. The van der Waals surface area contributed by atoms with Gasteiger partial charge in [0.25, 0.3) is 0 Å². The van der Waals surface area contributed by atoms with E-state index < -0.39 is 0 Å². The number of likely N-dealkylation sites (tertiary alicyclic amines) is 1.